The van der Waals surface area contributed by atoms with Crippen molar-refractivity contribution in [3.63, 3.8) is 0 Å². The van der Waals surface area contributed by atoms with E-state index in [0.717, 1.165) is 0 Å². The molecule has 2 N–H and O–H groups in total. The summed E-state index contributed by atoms with van der Waals surface area (Å²) in [6.45, 7) is 4.65. The Bertz CT molecular complexity index is 117. The highest BCUT2D eigenvalue weighted by molar-refractivity contribution is 6.51. The van der Waals surface area contributed by atoms with Crippen molar-refractivity contribution in [3.8, 4) is 0 Å². The standard InChI is InChI=1S/C6H11Cl2N/c1-5(2)4(3-9)6(5,7)8/h4H,3,9H2,1-2H3/t4-/m0/s1. The Morgan fingerprint density at radius 1 is 1.44 bits per heavy atom. The van der Waals surface area contributed by atoms with Crippen molar-refractivity contribution in [1.29, 1.82) is 0 Å². The second-order valence-electron chi connectivity index (χ2n) is 3.13. The minimum atomic E-state index is -0.568. The van der Waals surface area contributed by atoms with Crippen molar-refractivity contribution in [1.82, 2.24) is 0 Å². The Labute approximate surface area is 65.5 Å². The molecule has 0 aromatic rings. The quantitative estimate of drug-likeness (QED) is 0.593. The molecule has 0 amide bonds. The molecule has 1 atom stereocenters. The summed E-state index contributed by atoms with van der Waals surface area (Å²) in [5.41, 5.74) is 5.43. The SMILES string of the molecule is CC1(C)[C@H](CN)C1(Cl)Cl. The van der Waals surface area contributed by atoms with E-state index in [9.17, 15) is 0 Å². The minimum Gasteiger partial charge on any atom is -0.330 e. The summed E-state index contributed by atoms with van der Waals surface area (Å²) < 4.78 is -0.568. The average molecular weight is 168 g/mol. The molecule has 0 aromatic heterocycles. The highest BCUT2D eigenvalue weighted by Gasteiger charge is 2.69. The van der Waals surface area contributed by atoms with Crippen molar-refractivity contribution in [2.45, 2.75) is 18.2 Å². The topological polar surface area (TPSA) is 26.0 Å². The monoisotopic (exact) mass is 167 g/mol. The Morgan fingerprint density at radius 3 is 1.78 bits per heavy atom. The van der Waals surface area contributed by atoms with Crippen LogP contribution < -0.4 is 5.73 Å². The van der Waals surface area contributed by atoms with Crippen molar-refractivity contribution in [2.75, 3.05) is 6.54 Å². The zero-order valence-electron chi connectivity index (χ0n) is 5.62. The van der Waals surface area contributed by atoms with Gasteiger partial charge in [-0.2, -0.15) is 0 Å². The van der Waals surface area contributed by atoms with Gasteiger partial charge in [-0.1, -0.05) is 13.8 Å². The normalized spacial score (nSPS) is 36.3. The van der Waals surface area contributed by atoms with Crippen molar-refractivity contribution >= 4 is 23.2 Å². The molecular formula is C6H11Cl2N. The Hall–Kier alpha value is 0.540. The maximum Gasteiger partial charge on any atom is 0.128 e. The second-order valence-corrected chi connectivity index (χ2v) is 4.52. The van der Waals surface area contributed by atoms with Gasteiger partial charge >= 0.3 is 0 Å². The molecule has 0 aromatic carbocycles. The molecule has 1 aliphatic carbocycles. The van der Waals surface area contributed by atoms with Gasteiger partial charge in [0, 0.05) is 11.3 Å². The average Bonchev–Trinajstić information content (AvgIpc) is 2.00. The van der Waals surface area contributed by atoms with Gasteiger partial charge in [0.05, 0.1) is 0 Å². The molecule has 1 aliphatic rings. The lowest BCUT2D eigenvalue weighted by Crippen LogP contribution is -2.06. The molecule has 0 unspecified atom stereocenters. The molecule has 1 rings (SSSR count). The van der Waals surface area contributed by atoms with Gasteiger partial charge in [-0.3, -0.25) is 0 Å². The first-order chi connectivity index (χ1) is 3.94. The largest absolute Gasteiger partial charge is 0.330 e. The lowest BCUT2D eigenvalue weighted by Gasteiger charge is -1.99. The molecule has 3 heteroatoms. The molecular weight excluding hydrogens is 157 g/mol. The van der Waals surface area contributed by atoms with E-state index in [2.05, 4.69) is 0 Å². The molecule has 0 heterocycles. The van der Waals surface area contributed by atoms with Crippen molar-refractivity contribution < 1.29 is 0 Å². The molecule has 1 fully saturated rings. The number of halogens is 2. The van der Waals surface area contributed by atoms with E-state index >= 15 is 0 Å². The van der Waals surface area contributed by atoms with Crippen LogP contribution in [0.3, 0.4) is 0 Å². The molecule has 0 spiro atoms. The van der Waals surface area contributed by atoms with Crippen LogP contribution in [0.5, 0.6) is 0 Å². The summed E-state index contributed by atoms with van der Waals surface area (Å²) in [4.78, 5) is 0. The lowest BCUT2D eigenvalue weighted by molar-refractivity contribution is 0.563. The maximum atomic E-state index is 5.88. The van der Waals surface area contributed by atoms with Gasteiger partial charge in [0.2, 0.25) is 0 Å². The van der Waals surface area contributed by atoms with Crippen LogP contribution in [0.25, 0.3) is 0 Å². The summed E-state index contributed by atoms with van der Waals surface area (Å²) in [6.07, 6.45) is 0. The Morgan fingerprint density at radius 2 is 1.78 bits per heavy atom. The number of hydrogen-bond acceptors (Lipinski definition) is 1. The predicted octanol–water partition coefficient (Wildman–Crippen LogP) is 1.77. The summed E-state index contributed by atoms with van der Waals surface area (Å²) >= 11 is 11.8. The summed E-state index contributed by atoms with van der Waals surface area (Å²) in [6, 6.07) is 0. The summed E-state index contributed by atoms with van der Waals surface area (Å²) in [7, 11) is 0. The van der Waals surface area contributed by atoms with Crippen LogP contribution in [0.2, 0.25) is 0 Å². The Kier molecular flexibility index (Phi) is 1.51. The summed E-state index contributed by atoms with van der Waals surface area (Å²) in [5.74, 6) is 0.272. The molecule has 9 heavy (non-hydrogen) atoms. The fourth-order valence-corrected chi connectivity index (χ4v) is 2.08. The van der Waals surface area contributed by atoms with Gasteiger partial charge in [0.25, 0.3) is 0 Å². The van der Waals surface area contributed by atoms with E-state index in [-0.39, 0.29) is 11.3 Å². The molecule has 0 bridgehead atoms. The minimum absolute atomic E-state index is 0.0187. The molecule has 1 saturated carbocycles. The molecule has 54 valence electrons. The number of rotatable bonds is 1. The first-order valence-electron chi connectivity index (χ1n) is 3.02. The van der Waals surface area contributed by atoms with Crippen LogP contribution in [-0.4, -0.2) is 10.9 Å². The summed E-state index contributed by atoms with van der Waals surface area (Å²) in [5, 5.41) is 0. The van der Waals surface area contributed by atoms with Crippen molar-refractivity contribution in [3.05, 3.63) is 0 Å². The van der Waals surface area contributed by atoms with Gasteiger partial charge in [-0.25, -0.2) is 0 Å². The fourth-order valence-electron chi connectivity index (χ4n) is 1.20. The Balaban J connectivity index is 2.66. The van der Waals surface area contributed by atoms with Crippen LogP contribution in [0.15, 0.2) is 0 Å². The molecule has 1 nitrogen and oxygen atoms in total. The molecule has 0 saturated heterocycles. The van der Waals surface area contributed by atoms with E-state index in [0.29, 0.717) is 6.54 Å². The second kappa shape index (κ2) is 1.77. The highest BCUT2D eigenvalue weighted by atomic mass is 35.5. The van der Waals surface area contributed by atoms with Crippen LogP contribution in [0.4, 0.5) is 0 Å². The van der Waals surface area contributed by atoms with E-state index in [1.165, 1.54) is 0 Å². The van der Waals surface area contributed by atoms with Crippen LogP contribution >= 0.6 is 23.2 Å². The lowest BCUT2D eigenvalue weighted by atomic mass is 10.1. The molecule has 0 aliphatic heterocycles. The van der Waals surface area contributed by atoms with Crippen LogP contribution in [0.1, 0.15) is 13.8 Å². The van der Waals surface area contributed by atoms with Gasteiger partial charge in [0.15, 0.2) is 0 Å². The third-order valence-electron chi connectivity index (χ3n) is 2.32. The van der Waals surface area contributed by atoms with E-state index in [1.807, 2.05) is 13.8 Å². The van der Waals surface area contributed by atoms with Crippen LogP contribution in [-0.2, 0) is 0 Å². The van der Waals surface area contributed by atoms with Gasteiger partial charge in [-0.15, -0.1) is 23.2 Å². The zero-order valence-corrected chi connectivity index (χ0v) is 7.13. The number of hydrogen-bond donors (Lipinski definition) is 1. The van der Waals surface area contributed by atoms with Gasteiger partial charge in [0.1, 0.15) is 4.33 Å². The van der Waals surface area contributed by atoms with E-state index < -0.39 is 4.33 Å². The van der Waals surface area contributed by atoms with Crippen LogP contribution in [0, 0.1) is 11.3 Å². The zero-order chi connectivity index (χ0) is 7.28. The third kappa shape index (κ3) is 0.787. The first kappa shape index (κ1) is 7.64. The van der Waals surface area contributed by atoms with E-state index in [4.69, 9.17) is 28.9 Å². The third-order valence-corrected chi connectivity index (χ3v) is 3.82. The highest BCUT2D eigenvalue weighted by Crippen LogP contribution is 2.68. The predicted molar refractivity (Wildman–Crippen MR) is 40.8 cm³/mol. The smallest absolute Gasteiger partial charge is 0.128 e. The van der Waals surface area contributed by atoms with Crippen molar-refractivity contribution in [2.24, 2.45) is 17.1 Å². The number of alkyl halides is 2. The van der Waals surface area contributed by atoms with E-state index in [1.54, 1.807) is 0 Å². The van der Waals surface area contributed by atoms with Gasteiger partial charge in [-0.05, 0) is 6.54 Å². The maximum absolute atomic E-state index is 5.88. The number of nitrogens with two attached hydrogens (primary N) is 1. The first-order valence-corrected chi connectivity index (χ1v) is 3.78. The fraction of sp³-hybridized carbons (Fsp3) is 1.00. The van der Waals surface area contributed by atoms with Gasteiger partial charge < -0.3 is 5.73 Å². The molecule has 0 radical (unpaired) electrons.